The average Bonchev–Trinajstić information content (AvgIpc) is 3.03. The zero-order valence-electron chi connectivity index (χ0n) is 15.5. The van der Waals surface area contributed by atoms with Crippen molar-refractivity contribution < 1.29 is 9.53 Å². The fourth-order valence-corrected chi connectivity index (χ4v) is 3.19. The van der Waals surface area contributed by atoms with Crippen LogP contribution in [0.25, 0.3) is 0 Å². The Balaban J connectivity index is 1.51. The van der Waals surface area contributed by atoms with Gasteiger partial charge in [-0.2, -0.15) is 0 Å². The maximum atomic E-state index is 12.7. The van der Waals surface area contributed by atoms with Crippen LogP contribution in [0.1, 0.15) is 49.7 Å². The van der Waals surface area contributed by atoms with Crippen LogP contribution in [0.5, 0.6) is 0 Å². The van der Waals surface area contributed by atoms with Crippen LogP contribution in [0.2, 0.25) is 0 Å². The van der Waals surface area contributed by atoms with E-state index in [2.05, 4.69) is 37.9 Å². The van der Waals surface area contributed by atoms with E-state index in [1.165, 1.54) is 11.1 Å². The Kier molecular flexibility index (Phi) is 5.23. The summed E-state index contributed by atoms with van der Waals surface area (Å²) in [6, 6.07) is 8.02. The lowest BCUT2D eigenvalue weighted by molar-refractivity contribution is -0.149. The number of imidazole rings is 1. The van der Waals surface area contributed by atoms with Gasteiger partial charge in [0.25, 0.3) is 0 Å². The molecular weight excluding hydrogens is 314 g/mol. The lowest BCUT2D eigenvalue weighted by Gasteiger charge is -2.40. The molecule has 5 heteroatoms. The maximum Gasteiger partial charge on any atom is 0.245 e. The van der Waals surface area contributed by atoms with Crippen molar-refractivity contribution in [1.82, 2.24) is 14.5 Å². The molecule has 25 heavy (non-hydrogen) atoms. The molecule has 1 saturated heterocycles. The number of aryl methyl sites for hydroxylation is 1. The number of aromatic nitrogens is 2. The lowest BCUT2D eigenvalue weighted by Crippen LogP contribution is -2.56. The minimum Gasteiger partial charge on any atom is -0.370 e. The summed E-state index contributed by atoms with van der Waals surface area (Å²) in [7, 11) is 0. The van der Waals surface area contributed by atoms with Crippen LogP contribution in [-0.4, -0.2) is 39.6 Å². The van der Waals surface area contributed by atoms with Gasteiger partial charge in [0.2, 0.25) is 5.91 Å². The Morgan fingerprint density at radius 2 is 2.00 bits per heavy atom. The van der Waals surface area contributed by atoms with E-state index in [0.717, 1.165) is 5.82 Å². The lowest BCUT2D eigenvalue weighted by atomic mass is 10.1. The summed E-state index contributed by atoms with van der Waals surface area (Å²) in [6.07, 6.45) is 3.79. The van der Waals surface area contributed by atoms with Crippen molar-refractivity contribution in [2.24, 2.45) is 0 Å². The van der Waals surface area contributed by atoms with Gasteiger partial charge < -0.3 is 14.2 Å². The van der Waals surface area contributed by atoms with Crippen molar-refractivity contribution in [3.05, 3.63) is 53.6 Å². The van der Waals surface area contributed by atoms with Gasteiger partial charge in [0.1, 0.15) is 11.9 Å². The number of amides is 1. The molecule has 1 fully saturated rings. The van der Waals surface area contributed by atoms with E-state index in [0.29, 0.717) is 25.6 Å². The molecule has 0 N–H and O–H groups in total. The molecule has 0 spiro atoms. The highest BCUT2D eigenvalue weighted by Gasteiger charge is 2.34. The molecule has 0 saturated carbocycles. The number of carbonyl (C=O) groups is 1. The number of ether oxygens (including phenoxy) is 1. The molecule has 1 aromatic carbocycles. The fraction of sp³-hybridized carbons (Fsp3) is 0.500. The van der Waals surface area contributed by atoms with E-state index < -0.39 is 0 Å². The number of hydrogen-bond donors (Lipinski definition) is 0. The van der Waals surface area contributed by atoms with Crippen molar-refractivity contribution in [1.29, 1.82) is 0 Å². The van der Waals surface area contributed by atoms with Crippen LogP contribution in [0.3, 0.4) is 0 Å². The third-order valence-corrected chi connectivity index (χ3v) is 4.89. The zero-order chi connectivity index (χ0) is 18.0. The predicted octanol–water partition coefficient (Wildman–Crippen LogP) is 3.30. The summed E-state index contributed by atoms with van der Waals surface area (Å²) in [4.78, 5) is 18.9. The Hall–Kier alpha value is -2.14. The van der Waals surface area contributed by atoms with Gasteiger partial charge in [-0.15, -0.1) is 0 Å². The topological polar surface area (TPSA) is 47.4 Å². The van der Waals surface area contributed by atoms with Gasteiger partial charge in [0.15, 0.2) is 0 Å². The first kappa shape index (κ1) is 17.7. The van der Waals surface area contributed by atoms with Crippen molar-refractivity contribution in [3.63, 3.8) is 0 Å². The van der Waals surface area contributed by atoms with Gasteiger partial charge in [0.05, 0.1) is 12.7 Å². The van der Waals surface area contributed by atoms with E-state index in [9.17, 15) is 4.79 Å². The largest absolute Gasteiger partial charge is 0.370 e. The summed E-state index contributed by atoms with van der Waals surface area (Å²) >= 11 is 0. The van der Waals surface area contributed by atoms with Gasteiger partial charge in [-0.25, -0.2) is 4.98 Å². The number of nitrogens with zero attached hydrogens (tertiary/aromatic N) is 3. The third kappa shape index (κ3) is 3.76. The molecule has 2 aromatic rings. The van der Waals surface area contributed by atoms with Gasteiger partial charge >= 0.3 is 0 Å². The van der Waals surface area contributed by atoms with Gasteiger partial charge in [0, 0.05) is 31.4 Å². The second kappa shape index (κ2) is 7.40. The molecule has 3 rings (SSSR count). The first-order valence-electron chi connectivity index (χ1n) is 8.95. The summed E-state index contributed by atoms with van der Waals surface area (Å²) in [5.41, 5.74) is 2.45. The molecule has 0 radical (unpaired) electrons. The smallest absolute Gasteiger partial charge is 0.245 e. The molecule has 1 aliphatic heterocycles. The molecule has 5 nitrogen and oxygen atoms in total. The number of likely N-dealkylation sites (tertiary alicyclic amines) is 1. The molecule has 1 atom stereocenters. The second-order valence-electron chi connectivity index (χ2n) is 7.13. The first-order chi connectivity index (χ1) is 12.0. The van der Waals surface area contributed by atoms with Crippen LogP contribution in [0, 0.1) is 6.92 Å². The van der Waals surface area contributed by atoms with E-state index in [1.54, 1.807) is 6.20 Å². The molecule has 0 aliphatic carbocycles. The molecule has 2 heterocycles. The van der Waals surface area contributed by atoms with Crippen LogP contribution in [0.4, 0.5) is 0 Å². The number of hydrogen-bond acceptors (Lipinski definition) is 3. The Morgan fingerprint density at radius 1 is 1.28 bits per heavy atom. The van der Waals surface area contributed by atoms with Crippen molar-refractivity contribution in [2.75, 3.05) is 13.1 Å². The highest BCUT2D eigenvalue weighted by molar-refractivity contribution is 5.81. The fourth-order valence-electron chi connectivity index (χ4n) is 3.19. The number of benzene rings is 1. The van der Waals surface area contributed by atoms with E-state index in [4.69, 9.17) is 4.74 Å². The number of rotatable bonds is 6. The molecule has 134 valence electrons. The summed E-state index contributed by atoms with van der Waals surface area (Å²) in [5.74, 6) is 1.39. The highest BCUT2D eigenvalue weighted by Crippen LogP contribution is 2.23. The molecule has 1 amide bonds. The third-order valence-electron chi connectivity index (χ3n) is 4.89. The van der Waals surface area contributed by atoms with Crippen molar-refractivity contribution in [2.45, 2.75) is 52.4 Å². The average molecular weight is 341 g/mol. The summed E-state index contributed by atoms with van der Waals surface area (Å²) in [5, 5.41) is 0. The molecular formula is C20H27N3O2. The van der Waals surface area contributed by atoms with Gasteiger partial charge in [-0.3, -0.25) is 4.79 Å². The predicted molar refractivity (Wildman–Crippen MR) is 97.4 cm³/mol. The summed E-state index contributed by atoms with van der Waals surface area (Å²) in [6.45, 7) is 10.2. The Morgan fingerprint density at radius 3 is 2.68 bits per heavy atom. The van der Waals surface area contributed by atoms with E-state index in [-0.39, 0.29) is 18.1 Å². The summed E-state index contributed by atoms with van der Waals surface area (Å²) < 4.78 is 7.93. The first-order valence-corrected chi connectivity index (χ1v) is 8.95. The molecule has 1 aromatic heterocycles. The SMILES string of the molecule is Cc1ccccc1COC1CN(C(=O)C(C)n2ccnc2C(C)C)C1. The van der Waals surface area contributed by atoms with Crippen LogP contribution in [-0.2, 0) is 16.1 Å². The van der Waals surface area contributed by atoms with Crippen LogP contribution in [0.15, 0.2) is 36.7 Å². The Bertz CT molecular complexity index is 732. The highest BCUT2D eigenvalue weighted by atomic mass is 16.5. The van der Waals surface area contributed by atoms with E-state index in [1.807, 2.05) is 34.7 Å². The normalized spacial score (nSPS) is 16.1. The van der Waals surface area contributed by atoms with Crippen molar-refractivity contribution in [3.8, 4) is 0 Å². The minimum absolute atomic E-state index is 0.128. The molecule has 1 unspecified atom stereocenters. The van der Waals surface area contributed by atoms with E-state index >= 15 is 0 Å². The second-order valence-corrected chi connectivity index (χ2v) is 7.13. The monoisotopic (exact) mass is 341 g/mol. The zero-order valence-corrected chi connectivity index (χ0v) is 15.5. The standard InChI is InChI=1S/C20H27N3O2/c1-14(2)19-21-9-10-23(19)16(4)20(24)22-11-18(12-22)25-13-17-8-6-5-7-15(17)3/h5-10,14,16,18H,11-13H2,1-4H3. The minimum atomic E-state index is -0.225. The van der Waals surface area contributed by atoms with Crippen LogP contribution >= 0.6 is 0 Å². The quantitative estimate of drug-likeness (QED) is 0.810. The molecule has 0 bridgehead atoms. The van der Waals surface area contributed by atoms with Gasteiger partial charge in [-0.1, -0.05) is 38.1 Å². The maximum absolute atomic E-state index is 12.7. The number of carbonyl (C=O) groups excluding carboxylic acids is 1. The van der Waals surface area contributed by atoms with Crippen molar-refractivity contribution >= 4 is 5.91 Å². The van der Waals surface area contributed by atoms with Gasteiger partial charge in [-0.05, 0) is 25.0 Å². The Labute approximate surface area is 149 Å². The van der Waals surface area contributed by atoms with Crippen LogP contribution < -0.4 is 0 Å². The molecule has 1 aliphatic rings.